The molecule has 0 saturated carbocycles. The molecule has 0 saturated heterocycles. The van der Waals surface area contributed by atoms with E-state index in [1.807, 2.05) is 61.5 Å². The fourth-order valence-electron chi connectivity index (χ4n) is 2.57. The van der Waals surface area contributed by atoms with E-state index >= 15 is 0 Å². The monoisotopic (exact) mass is 346 g/mol. The van der Waals surface area contributed by atoms with Crippen LogP contribution in [-0.2, 0) is 12.8 Å². The summed E-state index contributed by atoms with van der Waals surface area (Å²) in [6.45, 7) is 7.74. The van der Waals surface area contributed by atoms with Gasteiger partial charge in [-0.3, -0.25) is 4.79 Å². The first-order chi connectivity index (χ1) is 12.6. The number of rotatable bonds is 9. The number of aryl methyl sites for hydroxylation is 2. The molecule has 0 N–H and O–H groups in total. The summed E-state index contributed by atoms with van der Waals surface area (Å²) in [5, 5.41) is 0. The highest BCUT2D eigenvalue weighted by Crippen LogP contribution is 2.20. The van der Waals surface area contributed by atoms with Crippen LogP contribution in [0.2, 0.25) is 0 Å². The van der Waals surface area contributed by atoms with E-state index in [0.29, 0.717) is 12.2 Å². The third-order valence-electron chi connectivity index (χ3n) is 4.01. The van der Waals surface area contributed by atoms with Crippen LogP contribution in [0.4, 0.5) is 0 Å². The van der Waals surface area contributed by atoms with E-state index < -0.39 is 0 Å². The summed E-state index contributed by atoms with van der Waals surface area (Å²) < 4.78 is 5.90. The Morgan fingerprint density at radius 3 is 2.42 bits per heavy atom. The molecule has 2 nitrogen and oxygen atoms in total. The minimum Gasteiger partial charge on any atom is -0.489 e. The summed E-state index contributed by atoms with van der Waals surface area (Å²) in [5.74, 6) is 0.791. The molecule has 2 heteroatoms. The topological polar surface area (TPSA) is 26.3 Å². The number of carbonyl (C=O) groups excluding carboxylic acids is 1. The highest BCUT2D eigenvalue weighted by Gasteiger charge is 2.07. The minimum absolute atomic E-state index is 0.0533. The maximum Gasteiger partial charge on any atom is 0.159 e. The van der Waals surface area contributed by atoms with Gasteiger partial charge in [0.05, 0.1) is 0 Å². The van der Waals surface area contributed by atoms with E-state index in [1.54, 1.807) is 13.0 Å². The van der Waals surface area contributed by atoms with E-state index in [2.05, 4.69) is 18.7 Å². The van der Waals surface area contributed by atoms with Crippen molar-refractivity contribution in [3.8, 4) is 5.75 Å². The van der Waals surface area contributed by atoms with Crippen molar-refractivity contribution < 1.29 is 9.53 Å². The Labute approximate surface area is 156 Å². The van der Waals surface area contributed by atoms with E-state index in [0.717, 1.165) is 29.7 Å². The molecule has 134 valence electrons. The molecular weight excluding hydrogens is 320 g/mol. The van der Waals surface area contributed by atoms with Crippen molar-refractivity contribution in [1.82, 2.24) is 0 Å². The number of benzene rings is 2. The number of allylic oxidation sites excluding steroid dienone is 4. The first kappa shape index (κ1) is 19.5. The molecule has 0 aromatic heterocycles. The Kier molecular flexibility index (Phi) is 7.63. The fraction of sp³-hybridized carbons (Fsp3) is 0.208. The van der Waals surface area contributed by atoms with Gasteiger partial charge in [-0.15, -0.1) is 0 Å². The van der Waals surface area contributed by atoms with Gasteiger partial charge in [-0.25, -0.2) is 0 Å². The third-order valence-corrected chi connectivity index (χ3v) is 4.01. The Hall–Kier alpha value is -2.87. The fourth-order valence-corrected chi connectivity index (χ4v) is 2.57. The first-order valence-electron chi connectivity index (χ1n) is 8.85. The molecule has 0 bridgehead atoms. The van der Waals surface area contributed by atoms with Gasteiger partial charge in [0.2, 0.25) is 0 Å². The molecule has 2 rings (SSSR count). The molecule has 0 amide bonds. The van der Waals surface area contributed by atoms with Gasteiger partial charge < -0.3 is 4.74 Å². The highest BCUT2D eigenvalue weighted by atomic mass is 16.5. The molecular formula is C24H26O2. The zero-order valence-electron chi connectivity index (χ0n) is 15.6. The lowest BCUT2D eigenvalue weighted by Gasteiger charge is -2.11. The number of ether oxygens (including phenoxy) is 1. The second kappa shape index (κ2) is 10.2. The molecule has 2 aromatic rings. The second-order valence-electron chi connectivity index (χ2n) is 6.33. The standard InChI is InChI=1S/C24H26O2/c1-4-5-7-10-19(2)18-26-24-16-22(15-23(17-24)20(3)25)14-13-21-11-8-6-9-12-21/h4-12,15-17H,1,13-14,18H2,2-3H3/b7-5-,19-10+. The molecule has 0 aliphatic rings. The van der Waals surface area contributed by atoms with Crippen molar-refractivity contribution in [2.75, 3.05) is 6.61 Å². The number of ketones is 1. The van der Waals surface area contributed by atoms with Crippen LogP contribution in [0.25, 0.3) is 0 Å². The second-order valence-corrected chi connectivity index (χ2v) is 6.33. The minimum atomic E-state index is 0.0533. The van der Waals surface area contributed by atoms with Crippen molar-refractivity contribution in [3.05, 3.63) is 102 Å². The van der Waals surface area contributed by atoms with Crippen molar-refractivity contribution in [3.63, 3.8) is 0 Å². The quantitative estimate of drug-likeness (QED) is 0.427. The first-order valence-corrected chi connectivity index (χ1v) is 8.85. The van der Waals surface area contributed by atoms with E-state index in [1.165, 1.54) is 5.56 Å². The molecule has 0 aliphatic heterocycles. The molecule has 26 heavy (non-hydrogen) atoms. The van der Waals surface area contributed by atoms with Gasteiger partial charge in [0.25, 0.3) is 0 Å². The molecule has 0 fully saturated rings. The average Bonchev–Trinajstić information content (AvgIpc) is 2.65. The van der Waals surface area contributed by atoms with Crippen LogP contribution in [0.1, 0.15) is 35.3 Å². The van der Waals surface area contributed by atoms with Gasteiger partial charge >= 0.3 is 0 Å². The van der Waals surface area contributed by atoms with Gasteiger partial charge in [0, 0.05) is 5.56 Å². The lowest BCUT2D eigenvalue weighted by atomic mass is 10.0. The third kappa shape index (κ3) is 6.56. The maximum absolute atomic E-state index is 11.9. The molecule has 0 aliphatic carbocycles. The van der Waals surface area contributed by atoms with Crippen LogP contribution in [-0.4, -0.2) is 12.4 Å². The maximum atomic E-state index is 11.9. The van der Waals surface area contributed by atoms with Gasteiger partial charge in [0.1, 0.15) is 12.4 Å². The van der Waals surface area contributed by atoms with Crippen LogP contribution in [0.5, 0.6) is 5.75 Å². The van der Waals surface area contributed by atoms with E-state index in [4.69, 9.17) is 4.74 Å². The SMILES string of the molecule is C=C/C=C\C=C(/C)COc1cc(CCc2ccccc2)cc(C(C)=O)c1. The Balaban J connectivity index is 2.09. The Morgan fingerprint density at radius 2 is 1.73 bits per heavy atom. The van der Waals surface area contributed by atoms with E-state index in [-0.39, 0.29) is 5.78 Å². The average molecular weight is 346 g/mol. The summed E-state index contributed by atoms with van der Waals surface area (Å²) in [7, 11) is 0. The molecule has 0 heterocycles. The van der Waals surface area contributed by atoms with Gasteiger partial charge in [-0.1, -0.05) is 61.2 Å². The smallest absolute Gasteiger partial charge is 0.159 e. The van der Waals surface area contributed by atoms with Crippen molar-refractivity contribution in [2.45, 2.75) is 26.7 Å². The molecule has 0 radical (unpaired) electrons. The number of hydrogen-bond acceptors (Lipinski definition) is 2. The van der Waals surface area contributed by atoms with Crippen molar-refractivity contribution in [1.29, 1.82) is 0 Å². The molecule has 0 unspecified atom stereocenters. The number of Topliss-reactive ketones (excluding diaryl/α,β-unsaturated/α-hetero) is 1. The van der Waals surface area contributed by atoms with Crippen LogP contribution < -0.4 is 4.74 Å². The predicted octanol–water partition coefficient (Wildman–Crippen LogP) is 5.74. The lowest BCUT2D eigenvalue weighted by molar-refractivity contribution is 0.101. The van der Waals surface area contributed by atoms with Gasteiger partial charge in [-0.05, 0) is 61.6 Å². The largest absolute Gasteiger partial charge is 0.489 e. The Bertz CT molecular complexity index is 798. The summed E-state index contributed by atoms with van der Waals surface area (Å²) in [6.07, 6.45) is 9.35. The van der Waals surface area contributed by atoms with Crippen LogP contribution in [0.3, 0.4) is 0 Å². The van der Waals surface area contributed by atoms with Crippen LogP contribution in [0.15, 0.2) is 85.0 Å². The highest BCUT2D eigenvalue weighted by molar-refractivity contribution is 5.94. The number of hydrogen-bond donors (Lipinski definition) is 0. The summed E-state index contributed by atoms with van der Waals surface area (Å²) in [6, 6.07) is 16.2. The molecule has 0 spiro atoms. The Morgan fingerprint density at radius 1 is 1.00 bits per heavy atom. The van der Waals surface area contributed by atoms with Gasteiger partial charge in [0.15, 0.2) is 5.78 Å². The number of carbonyl (C=O) groups is 1. The zero-order chi connectivity index (χ0) is 18.8. The molecule has 0 atom stereocenters. The van der Waals surface area contributed by atoms with Crippen LogP contribution >= 0.6 is 0 Å². The van der Waals surface area contributed by atoms with Crippen molar-refractivity contribution >= 4 is 5.78 Å². The summed E-state index contributed by atoms with van der Waals surface area (Å²) >= 11 is 0. The lowest BCUT2D eigenvalue weighted by Crippen LogP contribution is -2.02. The van der Waals surface area contributed by atoms with Gasteiger partial charge in [-0.2, -0.15) is 0 Å². The van der Waals surface area contributed by atoms with Crippen molar-refractivity contribution in [2.24, 2.45) is 0 Å². The normalized spacial score (nSPS) is 11.5. The van der Waals surface area contributed by atoms with E-state index in [9.17, 15) is 4.79 Å². The van der Waals surface area contributed by atoms with Crippen LogP contribution in [0, 0.1) is 0 Å². The zero-order valence-corrected chi connectivity index (χ0v) is 15.6. The summed E-state index contributed by atoms with van der Waals surface area (Å²) in [4.78, 5) is 11.9. The molecule has 2 aromatic carbocycles. The predicted molar refractivity (Wildman–Crippen MR) is 109 cm³/mol. The summed E-state index contributed by atoms with van der Waals surface area (Å²) in [5.41, 5.74) is 4.20.